The lowest BCUT2D eigenvalue weighted by Gasteiger charge is -2.14. The van der Waals surface area contributed by atoms with Crippen LogP contribution in [0, 0.1) is 0 Å². The highest BCUT2D eigenvalue weighted by atomic mass is 16.7. The zero-order valence-corrected chi connectivity index (χ0v) is 11.9. The number of rotatable bonds is 6. The lowest BCUT2D eigenvalue weighted by molar-refractivity contribution is 0.0973. The molecular weight excluding hydrogens is 260 g/mol. The molecule has 0 aromatic heterocycles. The number of hydrogen-bond donors (Lipinski definition) is 2. The monoisotopic (exact) mass is 280 g/mol. The van der Waals surface area contributed by atoms with Gasteiger partial charge in [0.1, 0.15) is 0 Å². The molecule has 1 aromatic rings. The zero-order valence-electron chi connectivity index (χ0n) is 11.9. The van der Waals surface area contributed by atoms with Crippen LogP contribution in [0.25, 0.3) is 0 Å². The fraction of sp³-hybridized carbons (Fsp3) is 0.533. The van der Waals surface area contributed by atoms with Gasteiger partial charge in [-0.2, -0.15) is 0 Å². The Kier molecular flexibility index (Phi) is 4.37. The summed E-state index contributed by atoms with van der Waals surface area (Å²) in [5.74, 6) is -0.344. The van der Waals surface area contributed by atoms with Crippen molar-refractivity contribution in [1.29, 1.82) is 0 Å². The molecule has 0 radical (unpaired) electrons. The van der Waals surface area contributed by atoms with Gasteiger partial charge in [-0.15, -0.1) is 0 Å². The van der Waals surface area contributed by atoms with Crippen LogP contribution in [-0.4, -0.2) is 22.8 Å². The number of carbonyl (C=O) groups excluding carboxylic acids is 1. The van der Waals surface area contributed by atoms with E-state index in [1.165, 1.54) is 0 Å². The van der Waals surface area contributed by atoms with Gasteiger partial charge in [0, 0.05) is 12.0 Å². The van der Waals surface area contributed by atoms with Gasteiger partial charge in [-0.25, -0.2) is 0 Å². The molecule has 1 aliphatic heterocycles. The second kappa shape index (κ2) is 6.03. The number of fused-ring (bicyclic) bond motifs is 1. The first-order valence-electron chi connectivity index (χ1n) is 7.01. The molecule has 0 spiro atoms. The van der Waals surface area contributed by atoms with Crippen molar-refractivity contribution < 1.29 is 24.5 Å². The van der Waals surface area contributed by atoms with Crippen LogP contribution in [-0.2, 0) is 6.42 Å². The van der Waals surface area contributed by atoms with Gasteiger partial charge in [-0.1, -0.05) is 26.7 Å². The van der Waals surface area contributed by atoms with E-state index in [0.29, 0.717) is 24.0 Å². The molecule has 0 saturated carbocycles. The molecule has 0 saturated heterocycles. The molecule has 2 rings (SSSR count). The largest absolute Gasteiger partial charge is 0.504 e. The van der Waals surface area contributed by atoms with Crippen LogP contribution in [0.1, 0.15) is 55.5 Å². The van der Waals surface area contributed by atoms with E-state index in [9.17, 15) is 15.0 Å². The Morgan fingerprint density at radius 3 is 2.45 bits per heavy atom. The smallest absolute Gasteiger partial charge is 0.231 e. The van der Waals surface area contributed by atoms with Crippen LogP contribution in [0.2, 0.25) is 0 Å². The summed E-state index contributed by atoms with van der Waals surface area (Å²) in [6.07, 6.45) is 3.34. The molecule has 0 fully saturated rings. The van der Waals surface area contributed by atoms with Crippen molar-refractivity contribution in [2.45, 2.75) is 46.0 Å². The molecule has 110 valence electrons. The molecule has 1 aromatic carbocycles. The molecule has 0 bridgehead atoms. The Balaban J connectivity index is 2.54. The van der Waals surface area contributed by atoms with Crippen molar-refractivity contribution >= 4 is 5.78 Å². The van der Waals surface area contributed by atoms with Gasteiger partial charge in [0.05, 0.1) is 5.56 Å². The second-order valence-electron chi connectivity index (χ2n) is 4.89. The number of hydrogen-bond acceptors (Lipinski definition) is 5. The summed E-state index contributed by atoms with van der Waals surface area (Å²) < 4.78 is 10.5. The summed E-state index contributed by atoms with van der Waals surface area (Å²) >= 11 is 0. The molecular formula is C15H20O5. The summed E-state index contributed by atoms with van der Waals surface area (Å²) in [5, 5.41) is 20.1. The number of ether oxygens (including phenoxy) is 2. The number of phenolic OH excluding ortho intramolecular Hbond substituents is 2. The molecule has 2 N–H and O–H groups in total. The van der Waals surface area contributed by atoms with E-state index in [1.54, 1.807) is 0 Å². The van der Waals surface area contributed by atoms with Gasteiger partial charge >= 0.3 is 0 Å². The number of phenols is 2. The first-order chi connectivity index (χ1) is 9.61. The summed E-state index contributed by atoms with van der Waals surface area (Å²) in [4.78, 5) is 12.4. The van der Waals surface area contributed by atoms with Crippen molar-refractivity contribution in [2.75, 3.05) is 6.79 Å². The Bertz CT molecular complexity index is 522. The van der Waals surface area contributed by atoms with E-state index in [2.05, 4.69) is 0 Å². The highest BCUT2D eigenvalue weighted by molar-refractivity contribution is 6.02. The van der Waals surface area contributed by atoms with Gasteiger partial charge in [-0.05, 0) is 12.8 Å². The number of benzene rings is 1. The van der Waals surface area contributed by atoms with Gasteiger partial charge in [0.15, 0.2) is 17.3 Å². The fourth-order valence-electron chi connectivity index (χ4n) is 2.40. The lowest BCUT2D eigenvalue weighted by Crippen LogP contribution is -2.06. The van der Waals surface area contributed by atoms with Crippen LogP contribution in [0.5, 0.6) is 23.0 Å². The minimum Gasteiger partial charge on any atom is -0.504 e. The van der Waals surface area contributed by atoms with Crippen molar-refractivity contribution in [3.63, 3.8) is 0 Å². The number of ketones is 1. The normalized spacial score (nSPS) is 12.7. The second-order valence-corrected chi connectivity index (χ2v) is 4.89. The van der Waals surface area contributed by atoms with Crippen LogP contribution in [0.4, 0.5) is 0 Å². The predicted molar refractivity (Wildman–Crippen MR) is 73.7 cm³/mol. The Morgan fingerprint density at radius 1 is 1.10 bits per heavy atom. The summed E-state index contributed by atoms with van der Waals surface area (Å²) in [6.45, 7) is 3.91. The minimum atomic E-state index is -0.340. The maximum atomic E-state index is 12.4. The molecule has 5 heteroatoms. The van der Waals surface area contributed by atoms with Gasteiger partial charge in [0.25, 0.3) is 0 Å². The number of carbonyl (C=O) groups is 1. The van der Waals surface area contributed by atoms with Gasteiger partial charge in [-0.3, -0.25) is 4.79 Å². The Hall–Kier alpha value is -1.91. The molecule has 20 heavy (non-hydrogen) atoms. The van der Waals surface area contributed by atoms with Crippen molar-refractivity contribution in [2.24, 2.45) is 0 Å². The van der Waals surface area contributed by atoms with Crippen LogP contribution < -0.4 is 9.47 Å². The third-order valence-electron chi connectivity index (χ3n) is 3.40. The van der Waals surface area contributed by atoms with Crippen LogP contribution >= 0.6 is 0 Å². The standard InChI is InChI=1S/C15H20O5/c1-3-5-7-10(16)11-9(6-4-2)12(17)13(18)15-14(11)19-8-20-15/h17-18H,3-8H2,1-2H3. The summed E-state index contributed by atoms with van der Waals surface area (Å²) in [5.41, 5.74) is 0.818. The number of unbranched alkanes of at least 4 members (excludes halogenated alkanes) is 1. The average molecular weight is 280 g/mol. The molecule has 0 atom stereocenters. The predicted octanol–water partition coefficient (Wildman–Crippen LogP) is 3.15. The van der Waals surface area contributed by atoms with E-state index in [-0.39, 0.29) is 35.6 Å². The average Bonchev–Trinajstić information content (AvgIpc) is 2.91. The fourth-order valence-corrected chi connectivity index (χ4v) is 2.40. The van der Waals surface area contributed by atoms with E-state index in [0.717, 1.165) is 19.3 Å². The van der Waals surface area contributed by atoms with E-state index >= 15 is 0 Å². The highest BCUT2D eigenvalue weighted by Gasteiger charge is 2.32. The molecule has 1 heterocycles. The van der Waals surface area contributed by atoms with Gasteiger partial charge < -0.3 is 19.7 Å². The Morgan fingerprint density at radius 2 is 1.80 bits per heavy atom. The number of aromatic hydroxyl groups is 2. The molecule has 1 aliphatic rings. The summed E-state index contributed by atoms with van der Waals surface area (Å²) in [7, 11) is 0. The van der Waals surface area contributed by atoms with Gasteiger partial charge in [0.2, 0.25) is 18.3 Å². The third-order valence-corrected chi connectivity index (χ3v) is 3.40. The van der Waals surface area contributed by atoms with Crippen molar-refractivity contribution in [3.8, 4) is 23.0 Å². The molecule has 0 amide bonds. The molecule has 0 aliphatic carbocycles. The Labute approximate surface area is 118 Å². The van der Waals surface area contributed by atoms with Crippen molar-refractivity contribution in [1.82, 2.24) is 0 Å². The lowest BCUT2D eigenvalue weighted by atomic mass is 9.94. The van der Waals surface area contributed by atoms with Crippen molar-refractivity contribution in [3.05, 3.63) is 11.1 Å². The zero-order chi connectivity index (χ0) is 14.7. The third kappa shape index (κ3) is 2.40. The van der Waals surface area contributed by atoms with Crippen LogP contribution in [0.3, 0.4) is 0 Å². The van der Waals surface area contributed by atoms with E-state index < -0.39 is 0 Å². The topological polar surface area (TPSA) is 76.0 Å². The summed E-state index contributed by atoms with van der Waals surface area (Å²) in [6, 6.07) is 0. The quantitative estimate of drug-likeness (QED) is 0.618. The number of Topliss-reactive ketones (excluding diaryl/α,β-unsaturated/α-hetero) is 1. The van der Waals surface area contributed by atoms with E-state index in [4.69, 9.17) is 9.47 Å². The van der Waals surface area contributed by atoms with E-state index in [1.807, 2.05) is 13.8 Å². The maximum absolute atomic E-state index is 12.4. The molecule has 5 nitrogen and oxygen atoms in total. The highest BCUT2D eigenvalue weighted by Crippen LogP contribution is 2.51. The minimum absolute atomic E-state index is 0.0496. The molecule has 0 unspecified atom stereocenters. The van der Waals surface area contributed by atoms with Crippen LogP contribution in [0.15, 0.2) is 0 Å². The first-order valence-corrected chi connectivity index (χ1v) is 7.01. The first kappa shape index (κ1) is 14.5. The maximum Gasteiger partial charge on any atom is 0.231 e. The SMILES string of the molecule is CCCCC(=O)c1c(CCC)c(O)c(O)c2c1OCO2.